The summed E-state index contributed by atoms with van der Waals surface area (Å²) in [6, 6.07) is 14.2. The van der Waals surface area contributed by atoms with Crippen molar-refractivity contribution in [1.29, 1.82) is 0 Å². The molecule has 0 radical (unpaired) electrons. The monoisotopic (exact) mass is 310 g/mol. The maximum atomic E-state index is 12.4. The number of ether oxygens (including phenoxy) is 2. The Balaban J connectivity index is 2.11. The zero-order valence-electron chi connectivity index (χ0n) is 13.8. The van der Waals surface area contributed by atoms with Crippen molar-refractivity contribution in [2.24, 2.45) is 5.92 Å². The number of carbonyl (C=O) groups excluding carboxylic acids is 1. The Hall–Kier alpha value is -2.29. The number of fused-ring (bicyclic) bond motifs is 2. The molecule has 2 unspecified atom stereocenters. The van der Waals surface area contributed by atoms with Crippen molar-refractivity contribution < 1.29 is 14.3 Å². The normalized spacial score (nSPS) is 16.7. The molecule has 3 nitrogen and oxygen atoms in total. The minimum absolute atomic E-state index is 0.0412. The molecule has 0 amide bonds. The largest absolute Gasteiger partial charge is 0.466 e. The smallest absolute Gasteiger partial charge is 0.309 e. The van der Waals surface area contributed by atoms with Crippen LogP contribution in [0.3, 0.4) is 0 Å². The van der Waals surface area contributed by atoms with Gasteiger partial charge in [-0.15, -0.1) is 0 Å². The summed E-state index contributed by atoms with van der Waals surface area (Å²) in [6.45, 7) is 6.30. The molecule has 3 rings (SSSR count). The van der Waals surface area contributed by atoms with Gasteiger partial charge in [0, 0.05) is 17.0 Å². The highest BCUT2D eigenvalue weighted by Gasteiger charge is 2.35. The molecular formula is C20H22O3. The molecule has 2 aromatic rings. The van der Waals surface area contributed by atoms with Crippen molar-refractivity contribution in [3.63, 3.8) is 0 Å². The first-order chi connectivity index (χ1) is 11.2. The Bertz CT molecular complexity index is 721. The van der Waals surface area contributed by atoms with E-state index in [1.165, 1.54) is 5.56 Å². The molecule has 0 aromatic heterocycles. The third-order valence-corrected chi connectivity index (χ3v) is 4.45. The first-order valence-corrected chi connectivity index (χ1v) is 8.22. The van der Waals surface area contributed by atoms with Gasteiger partial charge in [-0.3, -0.25) is 4.79 Å². The van der Waals surface area contributed by atoms with E-state index in [9.17, 15) is 4.79 Å². The SMILES string of the molecule is CCOC(=O)C(C)C1c2ccccc2Oc2ccc(CC)cc21. The summed E-state index contributed by atoms with van der Waals surface area (Å²) < 4.78 is 11.3. The van der Waals surface area contributed by atoms with Crippen molar-refractivity contribution in [2.75, 3.05) is 6.61 Å². The van der Waals surface area contributed by atoms with Gasteiger partial charge in [0.05, 0.1) is 12.5 Å². The second kappa shape index (κ2) is 6.45. The molecule has 23 heavy (non-hydrogen) atoms. The van der Waals surface area contributed by atoms with Crippen LogP contribution in [0, 0.1) is 5.92 Å². The molecule has 2 aromatic carbocycles. The molecule has 2 atom stereocenters. The molecule has 120 valence electrons. The van der Waals surface area contributed by atoms with Gasteiger partial charge in [0.2, 0.25) is 0 Å². The van der Waals surface area contributed by atoms with E-state index in [2.05, 4.69) is 19.1 Å². The number of para-hydroxylation sites is 1. The summed E-state index contributed by atoms with van der Waals surface area (Å²) in [5, 5.41) is 0. The van der Waals surface area contributed by atoms with Crippen molar-refractivity contribution in [3.05, 3.63) is 59.2 Å². The highest BCUT2D eigenvalue weighted by Crippen LogP contribution is 2.47. The topological polar surface area (TPSA) is 35.5 Å². The van der Waals surface area contributed by atoms with Crippen LogP contribution in [0.25, 0.3) is 0 Å². The fraction of sp³-hybridized carbons (Fsp3) is 0.350. The average molecular weight is 310 g/mol. The summed E-state index contributed by atoms with van der Waals surface area (Å²) in [5.41, 5.74) is 3.37. The molecule has 1 aliphatic heterocycles. The van der Waals surface area contributed by atoms with E-state index in [0.717, 1.165) is 29.0 Å². The van der Waals surface area contributed by atoms with Gasteiger partial charge in [0.1, 0.15) is 11.5 Å². The lowest BCUT2D eigenvalue weighted by Gasteiger charge is -2.31. The molecule has 0 bridgehead atoms. The summed E-state index contributed by atoms with van der Waals surface area (Å²) in [5.74, 6) is 1.20. The van der Waals surface area contributed by atoms with Gasteiger partial charge in [-0.2, -0.15) is 0 Å². The fourth-order valence-corrected chi connectivity index (χ4v) is 3.22. The molecule has 0 saturated heterocycles. The van der Waals surface area contributed by atoms with E-state index >= 15 is 0 Å². The quantitative estimate of drug-likeness (QED) is 0.769. The Morgan fingerprint density at radius 1 is 1.13 bits per heavy atom. The molecule has 1 heterocycles. The minimum Gasteiger partial charge on any atom is -0.466 e. The molecule has 0 N–H and O–H groups in total. The molecule has 0 spiro atoms. The molecule has 0 aliphatic carbocycles. The Labute approximate surface area is 137 Å². The maximum Gasteiger partial charge on any atom is 0.309 e. The number of carbonyl (C=O) groups is 1. The van der Waals surface area contributed by atoms with Gasteiger partial charge < -0.3 is 9.47 Å². The first-order valence-electron chi connectivity index (χ1n) is 8.22. The van der Waals surface area contributed by atoms with Gasteiger partial charge in [-0.25, -0.2) is 0 Å². The van der Waals surface area contributed by atoms with Crippen molar-refractivity contribution in [1.82, 2.24) is 0 Å². The number of hydrogen-bond acceptors (Lipinski definition) is 3. The maximum absolute atomic E-state index is 12.4. The molecule has 0 fully saturated rings. The highest BCUT2D eigenvalue weighted by molar-refractivity contribution is 5.75. The zero-order chi connectivity index (χ0) is 16.4. The van der Waals surface area contributed by atoms with Crippen molar-refractivity contribution in [2.45, 2.75) is 33.1 Å². The summed E-state index contributed by atoms with van der Waals surface area (Å²) in [7, 11) is 0. The standard InChI is InChI=1S/C20H22O3/c1-4-14-10-11-18-16(12-14)19(13(3)20(21)22-5-2)15-8-6-7-9-17(15)23-18/h6-13,19H,4-5H2,1-3H3. The Morgan fingerprint density at radius 3 is 2.61 bits per heavy atom. The molecular weight excluding hydrogens is 288 g/mol. The van der Waals surface area contributed by atoms with Gasteiger partial charge in [-0.05, 0) is 31.0 Å². The van der Waals surface area contributed by atoms with E-state index in [4.69, 9.17) is 9.47 Å². The zero-order valence-corrected chi connectivity index (χ0v) is 13.8. The number of aryl methyl sites for hydroxylation is 1. The molecule has 0 saturated carbocycles. The van der Waals surface area contributed by atoms with Crippen LogP contribution in [0.5, 0.6) is 11.5 Å². The van der Waals surface area contributed by atoms with Crippen LogP contribution in [-0.4, -0.2) is 12.6 Å². The highest BCUT2D eigenvalue weighted by atomic mass is 16.5. The van der Waals surface area contributed by atoms with Crippen LogP contribution < -0.4 is 4.74 Å². The van der Waals surface area contributed by atoms with E-state index in [1.807, 2.05) is 44.2 Å². The lowest BCUT2D eigenvalue weighted by molar-refractivity contribution is -0.147. The number of benzene rings is 2. The van der Waals surface area contributed by atoms with Crippen LogP contribution in [-0.2, 0) is 16.0 Å². The lowest BCUT2D eigenvalue weighted by Crippen LogP contribution is -2.25. The van der Waals surface area contributed by atoms with Crippen LogP contribution in [0.1, 0.15) is 43.4 Å². The first kappa shape index (κ1) is 15.6. The van der Waals surface area contributed by atoms with Crippen LogP contribution in [0.15, 0.2) is 42.5 Å². The second-order valence-corrected chi connectivity index (χ2v) is 5.88. The average Bonchev–Trinajstić information content (AvgIpc) is 2.58. The lowest BCUT2D eigenvalue weighted by atomic mass is 9.79. The fourth-order valence-electron chi connectivity index (χ4n) is 3.22. The number of esters is 1. The number of rotatable bonds is 4. The van der Waals surface area contributed by atoms with Gasteiger partial charge in [0.15, 0.2) is 0 Å². The second-order valence-electron chi connectivity index (χ2n) is 5.88. The Morgan fingerprint density at radius 2 is 1.87 bits per heavy atom. The number of hydrogen-bond donors (Lipinski definition) is 0. The van der Waals surface area contributed by atoms with Gasteiger partial charge >= 0.3 is 5.97 Å². The van der Waals surface area contributed by atoms with E-state index in [-0.39, 0.29) is 17.8 Å². The van der Waals surface area contributed by atoms with Crippen LogP contribution in [0.2, 0.25) is 0 Å². The molecule has 1 aliphatic rings. The van der Waals surface area contributed by atoms with Crippen LogP contribution in [0.4, 0.5) is 0 Å². The summed E-state index contributed by atoms with van der Waals surface area (Å²) >= 11 is 0. The predicted molar refractivity (Wildman–Crippen MR) is 90.0 cm³/mol. The summed E-state index contributed by atoms with van der Waals surface area (Å²) in [6.07, 6.45) is 0.954. The van der Waals surface area contributed by atoms with Crippen molar-refractivity contribution >= 4 is 5.97 Å². The van der Waals surface area contributed by atoms with Crippen LogP contribution >= 0.6 is 0 Å². The van der Waals surface area contributed by atoms with E-state index in [0.29, 0.717) is 6.61 Å². The van der Waals surface area contributed by atoms with Gasteiger partial charge in [0.25, 0.3) is 0 Å². The Kier molecular flexibility index (Phi) is 4.37. The minimum atomic E-state index is -0.258. The van der Waals surface area contributed by atoms with E-state index < -0.39 is 0 Å². The van der Waals surface area contributed by atoms with E-state index in [1.54, 1.807) is 0 Å². The molecule has 3 heteroatoms. The summed E-state index contributed by atoms with van der Waals surface area (Å²) in [4.78, 5) is 12.4. The third kappa shape index (κ3) is 2.83. The predicted octanol–water partition coefficient (Wildman–Crippen LogP) is 4.69. The van der Waals surface area contributed by atoms with Crippen molar-refractivity contribution in [3.8, 4) is 11.5 Å². The van der Waals surface area contributed by atoms with Gasteiger partial charge in [-0.1, -0.05) is 44.2 Å². The third-order valence-electron chi connectivity index (χ3n) is 4.45.